The Labute approximate surface area is 159 Å². The van der Waals surface area contributed by atoms with E-state index in [1.807, 2.05) is 60.7 Å². The van der Waals surface area contributed by atoms with Gasteiger partial charge in [0.25, 0.3) is 0 Å². The summed E-state index contributed by atoms with van der Waals surface area (Å²) >= 11 is 0. The van der Waals surface area contributed by atoms with Crippen molar-refractivity contribution in [3.8, 4) is 0 Å². The third-order valence-electron chi connectivity index (χ3n) is 1.11. The summed E-state index contributed by atoms with van der Waals surface area (Å²) in [6, 6.07) is 20.0. The molecule has 0 radical (unpaired) electrons. The van der Waals surface area contributed by atoms with E-state index in [1.165, 1.54) is 0 Å². The van der Waals surface area contributed by atoms with E-state index < -0.39 is 0 Å². The van der Waals surface area contributed by atoms with Gasteiger partial charge in [-0.25, -0.2) is 24.3 Å². The fourth-order valence-electron chi connectivity index (χ4n) is 0.642. The monoisotopic (exact) mass is 320 g/mol. The average molecular weight is 320 g/mol. The summed E-state index contributed by atoms with van der Waals surface area (Å²) in [5.41, 5.74) is 0. The van der Waals surface area contributed by atoms with Crippen molar-refractivity contribution in [3.05, 3.63) is 60.7 Å². The van der Waals surface area contributed by atoms with Crippen LogP contribution in [-0.2, 0) is 0 Å². The minimum atomic E-state index is 0. The SMILES string of the molecule is N.N.N.N.[Li+].[Li+].[NH4+].[NH4+].[NH4+].[NH4+].[NH4+].[NH4+].c1cc[cH-]c1.c1cc[cH-]c1. The second-order valence-corrected chi connectivity index (χ2v) is 1.92. The van der Waals surface area contributed by atoms with Crippen molar-refractivity contribution in [2.45, 2.75) is 0 Å². The molecule has 2 rings (SSSR count). The first-order chi connectivity index (χ1) is 5.00. The third-order valence-corrected chi connectivity index (χ3v) is 1.11. The van der Waals surface area contributed by atoms with Crippen LogP contribution < -0.4 is 99.2 Å². The van der Waals surface area contributed by atoms with Gasteiger partial charge in [0.05, 0.1) is 0 Å². The van der Waals surface area contributed by atoms with Crippen LogP contribution in [0.3, 0.4) is 0 Å². The van der Waals surface area contributed by atoms with Gasteiger partial charge >= 0.3 is 37.7 Å². The maximum absolute atomic E-state index is 2.00. The number of hydrogen-bond donors (Lipinski definition) is 10. The van der Waals surface area contributed by atoms with Crippen molar-refractivity contribution in [2.75, 3.05) is 0 Å². The normalized spacial score (nSPS) is 3.64. The van der Waals surface area contributed by atoms with E-state index in [1.54, 1.807) is 0 Å². The molecule has 0 fully saturated rings. The minimum absolute atomic E-state index is 0. The standard InChI is InChI=1S/2C5H5.2Li.10H3N/c2*1-2-4-5-3-1;;;;;;;;;;;;/h2*1-5H;;;10*1H3/q2*-1;2*+1;;;;;;;;;;/p+6. The van der Waals surface area contributed by atoms with E-state index in [0.29, 0.717) is 0 Å². The Balaban J connectivity index is -0.00000000588. The quantitative estimate of drug-likeness (QED) is 0.231. The molecule has 0 aliphatic rings. The molecule has 2 aromatic rings. The second-order valence-electron chi connectivity index (χ2n) is 1.92. The van der Waals surface area contributed by atoms with Gasteiger partial charge < -0.3 is 61.5 Å². The number of quaternary nitrogens is 6. The van der Waals surface area contributed by atoms with Crippen LogP contribution in [0, 0.1) is 0 Å². The van der Waals surface area contributed by atoms with Gasteiger partial charge in [0, 0.05) is 0 Å². The molecule has 22 heavy (non-hydrogen) atoms. The van der Waals surface area contributed by atoms with Gasteiger partial charge in [-0.3, -0.25) is 0 Å². The molecule has 2 aromatic carbocycles. The smallest absolute Gasteiger partial charge is 0.369 e. The summed E-state index contributed by atoms with van der Waals surface area (Å²) in [6.45, 7) is 0. The summed E-state index contributed by atoms with van der Waals surface area (Å²) in [6.07, 6.45) is 0. The number of rotatable bonds is 0. The zero-order valence-corrected chi connectivity index (χ0v) is 16.6. The molecular weight excluding hydrogens is 274 g/mol. The number of hydrogen-bond acceptors (Lipinski definition) is 4. The zero-order chi connectivity index (χ0) is 7.07. The Morgan fingerprint density at radius 2 is 0.500 bits per heavy atom. The van der Waals surface area contributed by atoms with Crippen LogP contribution in [0.4, 0.5) is 0 Å². The summed E-state index contributed by atoms with van der Waals surface area (Å²) in [5.74, 6) is 0. The van der Waals surface area contributed by atoms with E-state index in [-0.39, 0.29) is 99.2 Å². The largest absolute Gasteiger partial charge is 1.00 e. The molecular formula is C10H46Li2N10+6. The van der Waals surface area contributed by atoms with Gasteiger partial charge in [-0.1, -0.05) is 0 Å². The van der Waals surface area contributed by atoms with Crippen LogP contribution in [0.2, 0.25) is 0 Å². The molecule has 0 aliphatic heterocycles. The van der Waals surface area contributed by atoms with Crippen LogP contribution in [0.1, 0.15) is 0 Å². The maximum Gasteiger partial charge on any atom is 1.00 e. The molecule has 10 nitrogen and oxygen atoms in total. The molecule has 0 bridgehead atoms. The van der Waals surface area contributed by atoms with Gasteiger partial charge in [-0.05, 0) is 0 Å². The Kier molecular flexibility index (Phi) is 393. The molecule has 12 heteroatoms. The van der Waals surface area contributed by atoms with E-state index in [0.717, 1.165) is 0 Å². The van der Waals surface area contributed by atoms with Crippen LogP contribution in [0.25, 0.3) is 0 Å². The van der Waals surface area contributed by atoms with Crippen LogP contribution in [-0.4, -0.2) is 0 Å². The molecule has 0 spiro atoms. The Morgan fingerprint density at radius 1 is 0.364 bits per heavy atom. The zero-order valence-electron chi connectivity index (χ0n) is 16.6. The predicted octanol–water partition coefficient (Wildman–Crippen LogP) is -0.276. The first kappa shape index (κ1) is 100. The Hall–Kier alpha value is -0.505. The van der Waals surface area contributed by atoms with Crippen molar-refractivity contribution in [1.82, 2.24) is 61.5 Å². The van der Waals surface area contributed by atoms with Crippen LogP contribution in [0.5, 0.6) is 0 Å². The molecule has 0 unspecified atom stereocenters. The molecule has 132 valence electrons. The molecule has 0 aliphatic carbocycles. The fourth-order valence-corrected chi connectivity index (χ4v) is 0.642. The van der Waals surface area contributed by atoms with E-state index in [9.17, 15) is 0 Å². The first-order valence-electron chi connectivity index (χ1n) is 3.33. The molecule has 0 atom stereocenters. The predicted molar refractivity (Wildman–Crippen MR) is 100 cm³/mol. The van der Waals surface area contributed by atoms with E-state index in [4.69, 9.17) is 0 Å². The minimum Gasteiger partial charge on any atom is -0.369 e. The van der Waals surface area contributed by atoms with Gasteiger partial charge in [0.2, 0.25) is 0 Å². The molecule has 0 aromatic heterocycles. The second kappa shape index (κ2) is 86.4. The van der Waals surface area contributed by atoms with Gasteiger partial charge in [-0.2, -0.15) is 36.4 Å². The molecule has 0 heterocycles. The molecule has 0 saturated heterocycles. The molecule has 0 amide bonds. The van der Waals surface area contributed by atoms with Crippen molar-refractivity contribution in [2.24, 2.45) is 0 Å². The summed E-state index contributed by atoms with van der Waals surface area (Å²) < 4.78 is 0. The van der Waals surface area contributed by atoms with E-state index >= 15 is 0 Å². The van der Waals surface area contributed by atoms with Gasteiger partial charge in [0.1, 0.15) is 0 Å². The maximum atomic E-state index is 2.00. The van der Waals surface area contributed by atoms with Gasteiger partial charge in [-0.15, -0.1) is 0 Å². The Morgan fingerprint density at radius 3 is 0.545 bits per heavy atom. The molecule has 36 N–H and O–H groups in total. The summed E-state index contributed by atoms with van der Waals surface area (Å²) in [4.78, 5) is 0. The average Bonchev–Trinajstić information content (AvgIpc) is 2.67. The van der Waals surface area contributed by atoms with Crippen LogP contribution >= 0.6 is 0 Å². The third kappa shape index (κ3) is 74.0. The van der Waals surface area contributed by atoms with Crippen molar-refractivity contribution >= 4 is 0 Å². The summed E-state index contributed by atoms with van der Waals surface area (Å²) in [7, 11) is 0. The van der Waals surface area contributed by atoms with E-state index in [2.05, 4.69) is 0 Å². The van der Waals surface area contributed by atoms with Crippen molar-refractivity contribution in [3.63, 3.8) is 0 Å². The Bertz CT molecular complexity index is 169. The van der Waals surface area contributed by atoms with Crippen molar-refractivity contribution < 1.29 is 37.7 Å². The van der Waals surface area contributed by atoms with Crippen LogP contribution in [0.15, 0.2) is 60.7 Å². The summed E-state index contributed by atoms with van der Waals surface area (Å²) in [5, 5.41) is 0. The fraction of sp³-hybridized carbons (Fsp3) is 0. The van der Waals surface area contributed by atoms with Gasteiger partial charge in [0.15, 0.2) is 0 Å². The first-order valence-corrected chi connectivity index (χ1v) is 3.33. The molecule has 0 saturated carbocycles. The van der Waals surface area contributed by atoms with Crippen molar-refractivity contribution in [1.29, 1.82) is 0 Å². The topological polar surface area (TPSA) is 359 Å².